The van der Waals surface area contributed by atoms with E-state index in [1.165, 1.54) is 11.3 Å². The summed E-state index contributed by atoms with van der Waals surface area (Å²) in [5.74, 6) is 0. The molecule has 4 heteroatoms. The highest BCUT2D eigenvalue weighted by atomic mass is 32.1. The molecule has 0 aliphatic heterocycles. The Kier molecular flexibility index (Phi) is 3.90. The molecule has 3 rings (SSSR count). The van der Waals surface area contributed by atoms with Crippen molar-refractivity contribution in [2.75, 3.05) is 5.73 Å². The second-order valence-electron chi connectivity index (χ2n) is 5.10. The van der Waals surface area contributed by atoms with Crippen LogP contribution in [0.1, 0.15) is 16.8 Å². The summed E-state index contributed by atoms with van der Waals surface area (Å²) in [6.45, 7) is 0. The van der Waals surface area contributed by atoms with Crippen molar-refractivity contribution in [1.29, 1.82) is 5.26 Å². The Hall–Kier alpha value is -2.64. The number of nitriles is 1. The molecule has 1 aromatic heterocycles. The molecule has 0 aliphatic carbocycles. The Balaban J connectivity index is 2.15. The number of nitrogens with zero attached hydrogens (tertiary/aromatic N) is 2. The summed E-state index contributed by atoms with van der Waals surface area (Å²) >= 11 is 1.40. The Morgan fingerprint density at radius 1 is 1.00 bits per heavy atom. The van der Waals surface area contributed by atoms with Gasteiger partial charge in [-0.15, -0.1) is 11.3 Å². The van der Waals surface area contributed by atoms with Gasteiger partial charge >= 0.3 is 0 Å². The van der Waals surface area contributed by atoms with E-state index in [4.69, 9.17) is 5.73 Å². The molecule has 3 nitrogen and oxygen atoms in total. The van der Waals surface area contributed by atoms with Crippen LogP contribution in [-0.2, 0) is 11.8 Å². The van der Waals surface area contributed by atoms with E-state index in [2.05, 4.69) is 11.1 Å². The van der Waals surface area contributed by atoms with Gasteiger partial charge in [-0.25, -0.2) is 4.98 Å². The summed E-state index contributed by atoms with van der Waals surface area (Å²) in [6.07, 6.45) is 0.505. The first-order valence-electron chi connectivity index (χ1n) is 6.97. The Bertz CT molecular complexity index is 748. The highest BCUT2D eigenvalue weighted by molar-refractivity contribution is 7.13. The molecule has 0 unspecified atom stereocenters. The van der Waals surface area contributed by atoms with E-state index in [9.17, 15) is 5.26 Å². The SMILES string of the molecule is N#CC(Cc1csc(N)n1)(c1ccccc1)c1ccccc1. The Labute approximate surface area is 133 Å². The van der Waals surface area contributed by atoms with Crippen molar-refractivity contribution in [2.24, 2.45) is 0 Å². The summed E-state index contributed by atoms with van der Waals surface area (Å²) in [6, 6.07) is 22.2. The second-order valence-corrected chi connectivity index (χ2v) is 5.99. The molecule has 0 bridgehead atoms. The highest BCUT2D eigenvalue weighted by Crippen LogP contribution is 2.35. The first kappa shape index (κ1) is 14.3. The fourth-order valence-electron chi connectivity index (χ4n) is 2.66. The van der Waals surface area contributed by atoms with Crippen LogP contribution >= 0.6 is 11.3 Å². The monoisotopic (exact) mass is 305 g/mol. The third-order valence-electron chi connectivity index (χ3n) is 3.74. The third kappa shape index (κ3) is 2.59. The van der Waals surface area contributed by atoms with E-state index in [1.54, 1.807) is 0 Å². The number of nitrogen functional groups attached to an aromatic ring is 1. The maximum atomic E-state index is 10.0. The van der Waals surface area contributed by atoms with E-state index in [-0.39, 0.29) is 0 Å². The first-order chi connectivity index (χ1) is 10.7. The molecular weight excluding hydrogens is 290 g/mol. The van der Waals surface area contributed by atoms with Crippen LogP contribution < -0.4 is 5.73 Å². The van der Waals surface area contributed by atoms with Crippen molar-refractivity contribution in [3.05, 3.63) is 82.9 Å². The van der Waals surface area contributed by atoms with Crippen LogP contribution in [0.3, 0.4) is 0 Å². The number of anilines is 1. The van der Waals surface area contributed by atoms with E-state index < -0.39 is 5.41 Å². The van der Waals surface area contributed by atoms with Gasteiger partial charge in [-0.1, -0.05) is 60.7 Å². The number of rotatable bonds is 4. The molecule has 22 heavy (non-hydrogen) atoms. The van der Waals surface area contributed by atoms with Crippen molar-refractivity contribution < 1.29 is 0 Å². The summed E-state index contributed by atoms with van der Waals surface area (Å²) in [7, 11) is 0. The minimum Gasteiger partial charge on any atom is -0.375 e. The predicted octanol–water partition coefficient (Wildman–Crippen LogP) is 3.78. The summed E-state index contributed by atoms with van der Waals surface area (Å²) in [5, 5.41) is 12.5. The normalized spacial score (nSPS) is 11.0. The van der Waals surface area contributed by atoms with Crippen molar-refractivity contribution in [3.8, 4) is 6.07 Å². The number of hydrogen-bond donors (Lipinski definition) is 1. The molecule has 2 N–H and O–H groups in total. The minimum absolute atomic E-state index is 0.505. The molecule has 0 radical (unpaired) electrons. The van der Waals surface area contributed by atoms with E-state index in [0.717, 1.165) is 16.8 Å². The number of aromatic nitrogens is 1. The van der Waals surface area contributed by atoms with Crippen LogP contribution in [0.15, 0.2) is 66.0 Å². The molecular formula is C18H15N3S. The summed E-state index contributed by atoms with van der Waals surface area (Å²) in [4.78, 5) is 4.34. The molecule has 0 saturated heterocycles. The van der Waals surface area contributed by atoms with Crippen molar-refractivity contribution in [2.45, 2.75) is 11.8 Å². The molecule has 1 heterocycles. The van der Waals surface area contributed by atoms with Gasteiger partial charge in [0.1, 0.15) is 5.41 Å². The molecule has 0 spiro atoms. The zero-order chi connectivity index (χ0) is 15.4. The van der Waals surface area contributed by atoms with Crippen molar-refractivity contribution in [1.82, 2.24) is 4.98 Å². The van der Waals surface area contributed by atoms with Gasteiger partial charge < -0.3 is 5.73 Å². The van der Waals surface area contributed by atoms with Crippen LogP contribution in [0.25, 0.3) is 0 Å². The average Bonchev–Trinajstić information content (AvgIpc) is 2.99. The van der Waals surface area contributed by atoms with E-state index in [1.807, 2.05) is 66.0 Å². The largest absolute Gasteiger partial charge is 0.375 e. The lowest BCUT2D eigenvalue weighted by Gasteiger charge is -2.27. The van der Waals surface area contributed by atoms with Gasteiger partial charge in [0.25, 0.3) is 0 Å². The van der Waals surface area contributed by atoms with E-state index in [0.29, 0.717) is 11.6 Å². The lowest BCUT2D eigenvalue weighted by molar-refractivity contribution is 0.644. The fourth-order valence-corrected chi connectivity index (χ4v) is 3.22. The number of benzene rings is 2. The van der Waals surface area contributed by atoms with Crippen LogP contribution in [0, 0.1) is 11.3 Å². The molecule has 2 aromatic carbocycles. The van der Waals surface area contributed by atoms with Gasteiger partial charge in [-0.3, -0.25) is 0 Å². The quantitative estimate of drug-likeness (QED) is 0.798. The molecule has 3 aromatic rings. The van der Waals surface area contributed by atoms with Crippen LogP contribution in [0.4, 0.5) is 5.13 Å². The number of thiazole rings is 1. The fraction of sp³-hybridized carbons (Fsp3) is 0.111. The van der Waals surface area contributed by atoms with Gasteiger partial charge in [0, 0.05) is 11.8 Å². The minimum atomic E-state index is -0.761. The van der Waals surface area contributed by atoms with Gasteiger partial charge in [0.2, 0.25) is 0 Å². The summed E-state index contributed by atoms with van der Waals surface area (Å²) < 4.78 is 0. The topological polar surface area (TPSA) is 62.7 Å². The zero-order valence-electron chi connectivity index (χ0n) is 11.9. The highest BCUT2D eigenvalue weighted by Gasteiger charge is 2.35. The van der Waals surface area contributed by atoms with Crippen LogP contribution in [0.2, 0.25) is 0 Å². The molecule has 0 saturated carbocycles. The van der Waals surface area contributed by atoms with Gasteiger partial charge in [-0.2, -0.15) is 5.26 Å². The number of nitrogens with two attached hydrogens (primary N) is 1. The third-order valence-corrected chi connectivity index (χ3v) is 4.46. The molecule has 108 valence electrons. The molecule has 0 aliphatic rings. The first-order valence-corrected chi connectivity index (χ1v) is 7.85. The Morgan fingerprint density at radius 3 is 1.95 bits per heavy atom. The lowest BCUT2D eigenvalue weighted by atomic mass is 9.72. The molecule has 0 amide bonds. The second kappa shape index (κ2) is 6.00. The van der Waals surface area contributed by atoms with E-state index >= 15 is 0 Å². The smallest absolute Gasteiger partial charge is 0.180 e. The average molecular weight is 305 g/mol. The predicted molar refractivity (Wildman–Crippen MR) is 89.5 cm³/mol. The van der Waals surface area contributed by atoms with Gasteiger partial charge in [0.15, 0.2) is 5.13 Å². The maximum absolute atomic E-state index is 10.0. The zero-order valence-corrected chi connectivity index (χ0v) is 12.8. The van der Waals surface area contributed by atoms with Crippen LogP contribution in [0.5, 0.6) is 0 Å². The molecule has 0 fully saturated rings. The Morgan fingerprint density at radius 2 is 1.55 bits per heavy atom. The van der Waals surface area contributed by atoms with Crippen LogP contribution in [-0.4, -0.2) is 4.98 Å². The summed E-state index contributed by atoms with van der Waals surface area (Å²) in [5.41, 5.74) is 7.76. The molecule has 0 atom stereocenters. The maximum Gasteiger partial charge on any atom is 0.180 e. The van der Waals surface area contributed by atoms with Gasteiger partial charge in [-0.05, 0) is 11.1 Å². The standard InChI is InChI=1S/C18H15N3S/c19-13-18(14-7-3-1-4-8-14,15-9-5-2-6-10-15)11-16-12-22-17(20)21-16/h1-10,12H,11H2,(H2,20,21). The van der Waals surface area contributed by atoms with Crippen molar-refractivity contribution in [3.63, 3.8) is 0 Å². The lowest BCUT2D eigenvalue weighted by Crippen LogP contribution is -2.28. The van der Waals surface area contributed by atoms with Crippen molar-refractivity contribution >= 4 is 16.5 Å². The number of hydrogen-bond acceptors (Lipinski definition) is 4. The van der Waals surface area contributed by atoms with Gasteiger partial charge in [0.05, 0.1) is 11.8 Å².